The molecule has 0 saturated heterocycles. The van der Waals surface area contributed by atoms with Crippen molar-refractivity contribution in [1.82, 2.24) is 0 Å². The Hall–Kier alpha value is -2.47. The molecule has 2 aromatic rings. The van der Waals surface area contributed by atoms with Gasteiger partial charge in [0.25, 0.3) is 0 Å². The first-order valence-corrected chi connectivity index (χ1v) is 6.75. The zero-order chi connectivity index (χ0) is 14.5. The highest BCUT2D eigenvalue weighted by molar-refractivity contribution is 5.74. The van der Waals surface area contributed by atoms with Crippen molar-refractivity contribution < 1.29 is 0 Å². The molecule has 0 aromatic heterocycles. The number of hydrogen-bond acceptors (Lipinski definition) is 3. The molecule has 0 radical (unpaired) electrons. The van der Waals surface area contributed by atoms with Crippen LogP contribution in [0.3, 0.4) is 0 Å². The minimum absolute atomic E-state index is 0.533. The third-order valence-corrected chi connectivity index (χ3v) is 3.55. The van der Waals surface area contributed by atoms with Crippen LogP contribution < -0.4 is 10.6 Å². The smallest absolute Gasteiger partial charge is 0.101 e. The fourth-order valence-electron chi connectivity index (χ4n) is 2.29. The van der Waals surface area contributed by atoms with Crippen LogP contribution >= 0.6 is 0 Å². The van der Waals surface area contributed by atoms with Crippen LogP contribution in [0.1, 0.15) is 23.6 Å². The second-order valence-corrected chi connectivity index (χ2v) is 4.79. The summed E-state index contributed by atoms with van der Waals surface area (Å²) in [5.41, 5.74) is 10.7. The largest absolute Gasteiger partial charge is 0.396 e. The summed E-state index contributed by atoms with van der Waals surface area (Å²) in [6.45, 7) is 5.84. The van der Waals surface area contributed by atoms with Crippen LogP contribution in [0.15, 0.2) is 42.5 Å². The Labute approximate surface area is 120 Å². The molecule has 0 aliphatic carbocycles. The molecule has 3 nitrogen and oxygen atoms in total. The van der Waals surface area contributed by atoms with Gasteiger partial charge in [0.05, 0.1) is 16.9 Å². The molecule has 0 aliphatic rings. The van der Waals surface area contributed by atoms with Crippen LogP contribution in [0.4, 0.5) is 11.4 Å². The first-order valence-electron chi connectivity index (χ1n) is 6.75. The molecular formula is C17H19N3. The summed E-state index contributed by atoms with van der Waals surface area (Å²) in [5, 5.41) is 9.08. The maximum Gasteiger partial charge on any atom is 0.101 e. The molecule has 20 heavy (non-hydrogen) atoms. The third kappa shape index (κ3) is 2.75. The molecule has 3 heteroatoms. The topological polar surface area (TPSA) is 53.0 Å². The van der Waals surface area contributed by atoms with E-state index >= 15 is 0 Å². The van der Waals surface area contributed by atoms with Crippen molar-refractivity contribution in [2.75, 3.05) is 17.2 Å². The second-order valence-electron chi connectivity index (χ2n) is 4.79. The average Bonchev–Trinajstić information content (AvgIpc) is 2.47. The zero-order valence-corrected chi connectivity index (χ0v) is 11.9. The molecule has 2 aromatic carbocycles. The Balaban J connectivity index is 2.35. The minimum atomic E-state index is 0.533. The molecular weight excluding hydrogens is 246 g/mol. The molecule has 0 amide bonds. The van der Waals surface area contributed by atoms with E-state index < -0.39 is 0 Å². The van der Waals surface area contributed by atoms with E-state index in [0.717, 1.165) is 18.8 Å². The van der Waals surface area contributed by atoms with Crippen LogP contribution in [0, 0.1) is 18.3 Å². The summed E-state index contributed by atoms with van der Waals surface area (Å²) in [6, 6.07) is 16.1. The molecule has 0 bridgehead atoms. The van der Waals surface area contributed by atoms with Crippen LogP contribution in [-0.4, -0.2) is 6.54 Å². The van der Waals surface area contributed by atoms with Crippen molar-refractivity contribution in [3.05, 3.63) is 59.2 Å². The lowest BCUT2D eigenvalue weighted by Gasteiger charge is -2.25. The van der Waals surface area contributed by atoms with Gasteiger partial charge in [-0.15, -0.1) is 0 Å². The predicted molar refractivity (Wildman–Crippen MR) is 83.5 cm³/mol. The van der Waals surface area contributed by atoms with E-state index in [1.165, 1.54) is 11.1 Å². The van der Waals surface area contributed by atoms with E-state index in [1.807, 2.05) is 24.3 Å². The lowest BCUT2D eigenvalue weighted by atomic mass is 10.1. The highest BCUT2D eigenvalue weighted by atomic mass is 15.1. The molecule has 0 aliphatic heterocycles. The number of benzene rings is 2. The van der Waals surface area contributed by atoms with Gasteiger partial charge in [0.15, 0.2) is 0 Å². The summed E-state index contributed by atoms with van der Waals surface area (Å²) < 4.78 is 0. The Morgan fingerprint density at radius 1 is 1.15 bits per heavy atom. The monoisotopic (exact) mass is 265 g/mol. The van der Waals surface area contributed by atoms with E-state index in [4.69, 9.17) is 11.0 Å². The molecule has 0 unspecified atom stereocenters. The van der Waals surface area contributed by atoms with Gasteiger partial charge in [-0.3, -0.25) is 0 Å². The van der Waals surface area contributed by atoms with Crippen molar-refractivity contribution in [3.63, 3.8) is 0 Å². The van der Waals surface area contributed by atoms with Crippen LogP contribution in [0.2, 0.25) is 0 Å². The van der Waals surface area contributed by atoms with E-state index in [-0.39, 0.29) is 0 Å². The van der Waals surface area contributed by atoms with Crippen molar-refractivity contribution in [1.29, 1.82) is 5.26 Å². The number of nitrogens with zero attached hydrogens (tertiary/aromatic N) is 2. The fraction of sp³-hybridized carbons (Fsp3) is 0.235. The van der Waals surface area contributed by atoms with E-state index in [9.17, 15) is 0 Å². The Bertz CT molecular complexity index is 641. The first-order chi connectivity index (χ1) is 9.67. The van der Waals surface area contributed by atoms with Crippen molar-refractivity contribution in [2.24, 2.45) is 0 Å². The maximum absolute atomic E-state index is 9.08. The van der Waals surface area contributed by atoms with Gasteiger partial charge in [0.2, 0.25) is 0 Å². The fourth-order valence-corrected chi connectivity index (χ4v) is 2.29. The number of nitriles is 1. The molecule has 0 fully saturated rings. The number of aryl methyl sites for hydroxylation is 1. The molecule has 0 saturated carbocycles. The summed E-state index contributed by atoms with van der Waals surface area (Å²) in [6.07, 6.45) is 0. The molecule has 102 valence electrons. The van der Waals surface area contributed by atoms with Gasteiger partial charge in [-0.05, 0) is 37.1 Å². The normalized spacial score (nSPS) is 10.1. The van der Waals surface area contributed by atoms with Gasteiger partial charge in [-0.25, -0.2) is 0 Å². The van der Waals surface area contributed by atoms with Crippen molar-refractivity contribution in [2.45, 2.75) is 20.4 Å². The summed E-state index contributed by atoms with van der Waals surface area (Å²) >= 11 is 0. The number of nitrogens with two attached hydrogens (primary N) is 1. The molecule has 2 rings (SSSR count). The summed E-state index contributed by atoms with van der Waals surface area (Å²) in [7, 11) is 0. The van der Waals surface area contributed by atoms with E-state index in [0.29, 0.717) is 11.3 Å². The van der Waals surface area contributed by atoms with Gasteiger partial charge >= 0.3 is 0 Å². The highest BCUT2D eigenvalue weighted by Crippen LogP contribution is 2.27. The number of anilines is 2. The van der Waals surface area contributed by atoms with Crippen molar-refractivity contribution in [3.8, 4) is 6.07 Å². The maximum atomic E-state index is 9.08. The van der Waals surface area contributed by atoms with Gasteiger partial charge in [-0.1, -0.05) is 30.3 Å². The van der Waals surface area contributed by atoms with Gasteiger partial charge in [-0.2, -0.15) is 5.26 Å². The lowest BCUT2D eigenvalue weighted by Crippen LogP contribution is -2.23. The number of rotatable bonds is 4. The molecule has 0 atom stereocenters. The van der Waals surface area contributed by atoms with Gasteiger partial charge in [0.1, 0.15) is 6.07 Å². The predicted octanol–water partition coefficient (Wildman–Crippen LogP) is 3.48. The number of para-hydroxylation sites is 1. The zero-order valence-electron chi connectivity index (χ0n) is 11.9. The van der Waals surface area contributed by atoms with Crippen LogP contribution in [-0.2, 0) is 6.54 Å². The van der Waals surface area contributed by atoms with Gasteiger partial charge < -0.3 is 10.6 Å². The number of hydrogen-bond donors (Lipinski definition) is 1. The standard InChI is InChI=1S/C17H19N3/c1-3-20(12-15-8-5-4-7-13(15)2)16-10-6-9-14(11-18)17(16)19/h4-10H,3,12,19H2,1-2H3. The van der Waals surface area contributed by atoms with E-state index in [2.05, 4.69) is 36.9 Å². The Morgan fingerprint density at radius 2 is 1.90 bits per heavy atom. The van der Waals surface area contributed by atoms with E-state index in [1.54, 1.807) is 6.07 Å². The molecule has 0 spiro atoms. The lowest BCUT2D eigenvalue weighted by molar-refractivity contribution is 0.828. The SMILES string of the molecule is CCN(Cc1ccccc1C)c1cccc(C#N)c1N. The van der Waals surface area contributed by atoms with Crippen LogP contribution in [0.5, 0.6) is 0 Å². The molecule has 2 N–H and O–H groups in total. The first kappa shape index (κ1) is 14.0. The Morgan fingerprint density at radius 3 is 2.55 bits per heavy atom. The third-order valence-electron chi connectivity index (χ3n) is 3.55. The summed E-state index contributed by atoms with van der Waals surface area (Å²) in [4.78, 5) is 2.19. The van der Waals surface area contributed by atoms with Crippen molar-refractivity contribution >= 4 is 11.4 Å². The number of nitrogen functional groups attached to an aromatic ring is 1. The second kappa shape index (κ2) is 6.12. The quantitative estimate of drug-likeness (QED) is 0.861. The Kier molecular flexibility index (Phi) is 4.27. The summed E-state index contributed by atoms with van der Waals surface area (Å²) in [5.74, 6) is 0. The minimum Gasteiger partial charge on any atom is -0.396 e. The van der Waals surface area contributed by atoms with Crippen LogP contribution in [0.25, 0.3) is 0 Å². The molecule has 0 heterocycles. The highest BCUT2D eigenvalue weighted by Gasteiger charge is 2.12. The average molecular weight is 265 g/mol. The van der Waals surface area contributed by atoms with Gasteiger partial charge in [0, 0.05) is 13.1 Å².